The number of nitrogens with zero attached hydrogens (tertiary/aromatic N) is 1. The molecule has 1 aliphatic heterocycles. The molecule has 1 saturated heterocycles. The van der Waals surface area contributed by atoms with Gasteiger partial charge >= 0.3 is 11.9 Å². The molecule has 0 aromatic heterocycles. The molecule has 1 amide bonds. The fourth-order valence-electron chi connectivity index (χ4n) is 4.20. The van der Waals surface area contributed by atoms with E-state index >= 15 is 0 Å². The second kappa shape index (κ2) is 12.7. The third-order valence-electron chi connectivity index (χ3n) is 5.41. The number of hydrogen-bond acceptors (Lipinski definition) is 7. The highest BCUT2D eigenvalue weighted by Gasteiger charge is 2.49. The minimum absolute atomic E-state index is 0.0976. The first-order chi connectivity index (χ1) is 15.6. The van der Waals surface area contributed by atoms with Crippen LogP contribution in [0.25, 0.3) is 0 Å². The van der Waals surface area contributed by atoms with Crippen LogP contribution in [0.1, 0.15) is 88.5 Å². The number of ether oxygens (including phenoxy) is 3. The van der Waals surface area contributed by atoms with Crippen molar-refractivity contribution in [3.05, 3.63) is 12.2 Å². The molecule has 5 unspecified atom stereocenters. The van der Waals surface area contributed by atoms with Gasteiger partial charge in [0, 0.05) is 19.4 Å². The maximum absolute atomic E-state index is 13.6. The predicted molar refractivity (Wildman–Crippen MR) is 132 cm³/mol. The van der Waals surface area contributed by atoms with Crippen LogP contribution in [-0.4, -0.2) is 64.9 Å². The van der Waals surface area contributed by atoms with E-state index in [1.54, 1.807) is 0 Å². The summed E-state index contributed by atoms with van der Waals surface area (Å²) in [7, 11) is 0. The van der Waals surface area contributed by atoms with Gasteiger partial charge in [-0.05, 0) is 67.7 Å². The van der Waals surface area contributed by atoms with E-state index in [4.69, 9.17) is 14.2 Å². The van der Waals surface area contributed by atoms with Crippen molar-refractivity contribution in [3.8, 4) is 0 Å². The molecule has 0 aliphatic carbocycles. The average molecular weight is 483 g/mol. The normalized spacial score (nSPS) is 22.3. The Kier molecular flexibility index (Phi) is 11.2. The number of nitrogens with one attached hydrogen (secondary N) is 1. The van der Waals surface area contributed by atoms with Crippen molar-refractivity contribution in [2.24, 2.45) is 5.92 Å². The van der Waals surface area contributed by atoms with E-state index in [0.717, 1.165) is 0 Å². The van der Waals surface area contributed by atoms with Gasteiger partial charge in [0.1, 0.15) is 29.5 Å². The topological polar surface area (TPSA) is 94.2 Å². The molecule has 196 valence electrons. The van der Waals surface area contributed by atoms with E-state index < -0.39 is 41.6 Å². The molecule has 1 heterocycles. The maximum Gasteiger partial charge on any atom is 0.326 e. The molecule has 1 rings (SSSR count). The third kappa shape index (κ3) is 9.37. The van der Waals surface area contributed by atoms with Gasteiger partial charge in [-0.1, -0.05) is 26.0 Å². The Balaban J connectivity index is 3.45. The Morgan fingerprint density at radius 2 is 1.62 bits per heavy atom. The first kappa shape index (κ1) is 30.1. The minimum Gasteiger partial charge on any atom is -0.459 e. The van der Waals surface area contributed by atoms with Crippen LogP contribution in [0.4, 0.5) is 0 Å². The molecule has 0 saturated carbocycles. The number of esters is 2. The van der Waals surface area contributed by atoms with Crippen molar-refractivity contribution in [3.63, 3.8) is 0 Å². The van der Waals surface area contributed by atoms with Crippen molar-refractivity contribution < 1.29 is 28.6 Å². The van der Waals surface area contributed by atoms with Crippen LogP contribution >= 0.6 is 0 Å². The van der Waals surface area contributed by atoms with Crippen molar-refractivity contribution >= 4 is 17.8 Å². The second-order valence-electron chi connectivity index (χ2n) is 10.9. The Morgan fingerprint density at radius 3 is 2.06 bits per heavy atom. The molecule has 1 N–H and O–H groups in total. The van der Waals surface area contributed by atoms with Crippen LogP contribution in [0, 0.1) is 5.92 Å². The maximum atomic E-state index is 13.6. The van der Waals surface area contributed by atoms with E-state index in [0.29, 0.717) is 25.8 Å². The Morgan fingerprint density at radius 1 is 1.03 bits per heavy atom. The predicted octanol–water partition coefficient (Wildman–Crippen LogP) is 3.97. The summed E-state index contributed by atoms with van der Waals surface area (Å²) in [6.07, 6.45) is 4.50. The van der Waals surface area contributed by atoms with E-state index in [9.17, 15) is 14.4 Å². The lowest BCUT2D eigenvalue weighted by molar-refractivity contribution is -0.177. The van der Waals surface area contributed by atoms with Crippen molar-refractivity contribution in [1.82, 2.24) is 10.2 Å². The van der Waals surface area contributed by atoms with Gasteiger partial charge in [0.2, 0.25) is 5.91 Å². The molecule has 34 heavy (non-hydrogen) atoms. The molecule has 5 atom stereocenters. The monoisotopic (exact) mass is 482 g/mol. The van der Waals surface area contributed by atoms with Crippen molar-refractivity contribution in [2.75, 3.05) is 6.54 Å². The lowest BCUT2D eigenvalue weighted by atomic mass is 9.97. The average Bonchev–Trinajstić information content (AvgIpc) is 3.07. The Labute approximate surface area is 205 Å². The molecule has 0 aromatic rings. The molecular weight excluding hydrogens is 436 g/mol. The minimum atomic E-state index is -0.834. The number of carbonyl (C=O) groups is 3. The number of amides is 1. The number of rotatable bonds is 10. The summed E-state index contributed by atoms with van der Waals surface area (Å²) in [5.41, 5.74) is -1.37. The van der Waals surface area contributed by atoms with E-state index in [1.165, 1.54) is 6.92 Å². The summed E-state index contributed by atoms with van der Waals surface area (Å²) in [6, 6.07) is -1.48. The highest BCUT2D eigenvalue weighted by molar-refractivity contribution is 5.81. The zero-order valence-electron chi connectivity index (χ0n) is 22.8. The van der Waals surface area contributed by atoms with Crippen molar-refractivity contribution in [1.29, 1.82) is 0 Å². The zero-order chi connectivity index (χ0) is 26.3. The summed E-state index contributed by atoms with van der Waals surface area (Å²) >= 11 is 0. The standard InChI is InChI=1S/C26H46N2O6/c1-11-14-18-15-16-28(21(18)23(30)33-25(5,6)7)22(24(31)34-26(8,9)10)19(12-2)32-20(13-3)27-17(4)29/h11,14,18-22H,12-13,15-16H2,1-10H3,(H,27,29)/b14-11-. The summed E-state index contributed by atoms with van der Waals surface area (Å²) in [6.45, 7) is 18.6. The highest BCUT2D eigenvalue weighted by atomic mass is 16.6. The van der Waals surface area contributed by atoms with Gasteiger partial charge in [-0.3, -0.25) is 19.3 Å². The third-order valence-corrected chi connectivity index (χ3v) is 5.41. The van der Waals surface area contributed by atoms with Crippen LogP contribution in [-0.2, 0) is 28.6 Å². The van der Waals surface area contributed by atoms with Crippen LogP contribution in [0.3, 0.4) is 0 Å². The number of hydrogen-bond donors (Lipinski definition) is 1. The molecule has 1 fully saturated rings. The Bertz CT molecular complexity index is 722. The van der Waals surface area contributed by atoms with Crippen LogP contribution in [0.15, 0.2) is 12.2 Å². The first-order valence-electron chi connectivity index (χ1n) is 12.4. The van der Waals surface area contributed by atoms with Gasteiger partial charge in [-0.2, -0.15) is 0 Å². The molecule has 1 aliphatic rings. The molecule has 0 aromatic carbocycles. The van der Waals surface area contributed by atoms with Gasteiger partial charge in [0.25, 0.3) is 0 Å². The van der Waals surface area contributed by atoms with E-state index in [1.807, 2.05) is 79.4 Å². The SMILES string of the molecule is C/C=C\C1CCN(C(C(=O)OC(C)(C)C)C(CC)OC(CC)NC(C)=O)C1C(=O)OC(C)(C)C. The quantitative estimate of drug-likeness (QED) is 0.286. The molecule has 0 radical (unpaired) electrons. The molecule has 8 nitrogen and oxygen atoms in total. The van der Waals surface area contributed by atoms with Gasteiger partial charge in [-0.15, -0.1) is 0 Å². The molecule has 8 heteroatoms. The smallest absolute Gasteiger partial charge is 0.326 e. The van der Waals surface area contributed by atoms with E-state index in [2.05, 4.69) is 5.32 Å². The Hall–Kier alpha value is -1.93. The fraction of sp³-hybridized carbons (Fsp3) is 0.808. The first-order valence-corrected chi connectivity index (χ1v) is 12.4. The van der Waals surface area contributed by atoms with Gasteiger partial charge in [0.05, 0.1) is 6.10 Å². The fourth-order valence-corrected chi connectivity index (χ4v) is 4.20. The van der Waals surface area contributed by atoms with Gasteiger partial charge in [0.15, 0.2) is 0 Å². The van der Waals surface area contributed by atoms with Crippen LogP contribution in [0.2, 0.25) is 0 Å². The highest BCUT2D eigenvalue weighted by Crippen LogP contribution is 2.33. The molecular formula is C26H46N2O6. The van der Waals surface area contributed by atoms with Crippen LogP contribution in [0.5, 0.6) is 0 Å². The van der Waals surface area contributed by atoms with Gasteiger partial charge in [-0.25, -0.2) is 0 Å². The lowest BCUT2D eigenvalue weighted by Crippen LogP contribution is -2.58. The van der Waals surface area contributed by atoms with Crippen LogP contribution < -0.4 is 5.32 Å². The lowest BCUT2D eigenvalue weighted by Gasteiger charge is -2.39. The number of carbonyl (C=O) groups excluding carboxylic acids is 3. The molecule has 0 spiro atoms. The number of likely N-dealkylation sites (tertiary alicyclic amines) is 1. The summed E-state index contributed by atoms with van der Waals surface area (Å²) in [5.74, 6) is -1.13. The van der Waals surface area contributed by atoms with Crippen molar-refractivity contribution in [2.45, 2.75) is 124 Å². The summed E-state index contributed by atoms with van der Waals surface area (Å²) in [4.78, 5) is 40.4. The van der Waals surface area contributed by atoms with E-state index in [-0.39, 0.29) is 17.8 Å². The zero-order valence-corrected chi connectivity index (χ0v) is 22.8. The largest absolute Gasteiger partial charge is 0.459 e. The second-order valence-corrected chi connectivity index (χ2v) is 10.9. The van der Waals surface area contributed by atoms with Gasteiger partial charge < -0.3 is 19.5 Å². The number of allylic oxidation sites excluding steroid dienone is 1. The summed E-state index contributed by atoms with van der Waals surface area (Å²) < 4.78 is 17.8. The summed E-state index contributed by atoms with van der Waals surface area (Å²) in [5, 5.41) is 2.79. The molecule has 0 bridgehead atoms.